The summed E-state index contributed by atoms with van der Waals surface area (Å²) in [6, 6.07) is 37.4. The van der Waals surface area contributed by atoms with Gasteiger partial charge in [0.15, 0.2) is 0 Å². The monoisotopic (exact) mass is 487 g/mol. The van der Waals surface area contributed by atoms with Crippen molar-refractivity contribution in [3.63, 3.8) is 0 Å². The molecular weight excluding hydrogens is 458 g/mol. The van der Waals surface area contributed by atoms with Crippen LogP contribution in [-0.2, 0) is 0 Å². The lowest BCUT2D eigenvalue weighted by atomic mass is 9.98. The van der Waals surface area contributed by atoms with Gasteiger partial charge >= 0.3 is 6.03 Å². The van der Waals surface area contributed by atoms with Crippen molar-refractivity contribution in [3.05, 3.63) is 121 Å². The number of para-hydroxylation sites is 2. The van der Waals surface area contributed by atoms with Crippen LogP contribution in [0.5, 0.6) is 0 Å². The summed E-state index contributed by atoms with van der Waals surface area (Å²) in [6.07, 6.45) is 1.81. The second kappa shape index (κ2) is 9.94. The van der Waals surface area contributed by atoms with E-state index in [0.29, 0.717) is 13.1 Å². The van der Waals surface area contributed by atoms with Crippen LogP contribution < -0.4 is 4.90 Å². The predicted octanol–water partition coefficient (Wildman–Crippen LogP) is 6.60. The second-order valence-corrected chi connectivity index (χ2v) is 9.70. The number of anilines is 2. The summed E-state index contributed by atoms with van der Waals surface area (Å²) in [5, 5.41) is 0. The van der Waals surface area contributed by atoms with Crippen LogP contribution in [0.2, 0.25) is 0 Å². The minimum atomic E-state index is -0.0499. The van der Waals surface area contributed by atoms with Crippen LogP contribution in [0.15, 0.2) is 115 Å². The minimum absolute atomic E-state index is 0.00688. The van der Waals surface area contributed by atoms with Gasteiger partial charge in [0.1, 0.15) is 0 Å². The quantitative estimate of drug-likeness (QED) is 0.325. The van der Waals surface area contributed by atoms with Crippen LogP contribution in [0.25, 0.3) is 11.1 Å². The highest BCUT2D eigenvalue weighted by atomic mass is 16.2. The van der Waals surface area contributed by atoms with E-state index >= 15 is 0 Å². The molecule has 2 fully saturated rings. The number of fused-ring (bicyclic) bond motifs is 2. The molecule has 0 saturated carbocycles. The number of hydrogen-bond donors (Lipinski definition) is 0. The number of piperazine rings is 1. The number of amides is 3. The average Bonchev–Trinajstić information content (AvgIpc) is 3.23. The van der Waals surface area contributed by atoms with Gasteiger partial charge in [-0.05, 0) is 54.3 Å². The fraction of sp³-hybridized carbons (Fsp3) is 0.188. The zero-order valence-electron chi connectivity index (χ0n) is 20.6. The summed E-state index contributed by atoms with van der Waals surface area (Å²) in [4.78, 5) is 33.6. The summed E-state index contributed by atoms with van der Waals surface area (Å²) in [5.41, 5.74) is 4.38. The van der Waals surface area contributed by atoms with Gasteiger partial charge in [0.05, 0.1) is 23.5 Å². The Balaban J connectivity index is 1.27. The molecule has 2 heterocycles. The number of carbonyl (C=O) groups is 2. The lowest BCUT2D eigenvalue weighted by molar-refractivity contribution is 0.0490. The molecule has 2 aliphatic rings. The first kappa shape index (κ1) is 23.0. The molecule has 2 bridgehead atoms. The Morgan fingerprint density at radius 2 is 1.11 bits per heavy atom. The molecule has 184 valence electrons. The molecule has 5 nitrogen and oxygen atoms in total. The number of rotatable bonds is 4. The molecule has 2 atom stereocenters. The minimum Gasteiger partial charge on any atom is -0.329 e. The number of urea groups is 1. The Bertz CT molecular complexity index is 1340. The number of carbonyl (C=O) groups excluding carboxylic acids is 2. The molecule has 0 aliphatic carbocycles. The molecule has 3 amide bonds. The first-order chi connectivity index (χ1) is 18.2. The van der Waals surface area contributed by atoms with Crippen LogP contribution in [0.4, 0.5) is 16.2 Å². The molecule has 37 heavy (non-hydrogen) atoms. The molecule has 2 aliphatic heterocycles. The molecule has 0 aromatic heterocycles. The molecule has 4 aromatic carbocycles. The van der Waals surface area contributed by atoms with Crippen LogP contribution in [0.3, 0.4) is 0 Å². The zero-order chi connectivity index (χ0) is 25.2. The Hall–Kier alpha value is -4.38. The Morgan fingerprint density at radius 1 is 0.622 bits per heavy atom. The van der Waals surface area contributed by atoms with E-state index in [4.69, 9.17) is 0 Å². The van der Waals surface area contributed by atoms with E-state index in [1.165, 1.54) is 0 Å². The normalized spacial score (nSPS) is 18.5. The van der Waals surface area contributed by atoms with Gasteiger partial charge in [-0.3, -0.25) is 9.69 Å². The molecule has 4 aromatic rings. The molecule has 0 N–H and O–H groups in total. The van der Waals surface area contributed by atoms with Crippen LogP contribution in [0.1, 0.15) is 23.2 Å². The third-order valence-corrected chi connectivity index (χ3v) is 7.45. The van der Waals surface area contributed by atoms with Gasteiger partial charge < -0.3 is 9.80 Å². The molecule has 0 spiro atoms. The Kier molecular flexibility index (Phi) is 6.19. The van der Waals surface area contributed by atoms with Crippen molar-refractivity contribution in [2.75, 3.05) is 18.0 Å². The fourth-order valence-electron chi connectivity index (χ4n) is 5.73. The number of hydrogen-bond acceptors (Lipinski definition) is 2. The zero-order valence-corrected chi connectivity index (χ0v) is 20.6. The van der Waals surface area contributed by atoms with Crippen LogP contribution >= 0.6 is 0 Å². The second-order valence-electron chi connectivity index (χ2n) is 9.70. The first-order valence-corrected chi connectivity index (χ1v) is 12.9. The van der Waals surface area contributed by atoms with Crippen molar-refractivity contribution in [1.29, 1.82) is 0 Å². The van der Waals surface area contributed by atoms with Crippen molar-refractivity contribution in [1.82, 2.24) is 9.80 Å². The maximum absolute atomic E-state index is 14.0. The third kappa shape index (κ3) is 4.38. The van der Waals surface area contributed by atoms with Crippen molar-refractivity contribution in [2.45, 2.75) is 24.9 Å². The molecule has 2 saturated heterocycles. The Labute approximate surface area is 217 Å². The lowest BCUT2D eigenvalue weighted by Gasteiger charge is -2.42. The van der Waals surface area contributed by atoms with E-state index in [1.807, 2.05) is 125 Å². The summed E-state index contributed by atoms with van der Waals surface area (Å²) in [7, 11) is 0. The largest absolute Gasteiger partial charge is 0.329 e. The van der Waals surface area contributed by atoms with Crippen LogP contribution in [-0.4, -0.2) is 46.9 Å². The number of benzene rings is 4. The fourth-order valence-corrected chi connectivity index (χ4v) is 5.73. The van der Waals surface area contributed by atoms with Crippen molar-refractivity contribution < 1.29 is 9.59 Å². The average molecular weight is 488 g/mol. The highest BCUT2D eigenvalue weighted by Crippen LogP contribution is 2.36. The standard InChI is InChI=1S/C32H29N3O2/c36-31(30-19-11-10-18-29(30)24-12-4-1-5-13-24)34-27-20-21-28(34)23-33(22-27)32(37)35(25-14-6-2-7-15-25)26-16-8-3-9-17-26/h1-19,27-28H,20-23H2/t27-,28+. The van der Waals surface area contributed by atoms with Crippen LogP contribution in [0, 0.1) is 0 Å². The van der Waals surface area contributed by atoms with Gasteiger partial charge in [-0.1, -0.05) is 84.9 Å². The third-order valence-electron chi connectivity index (χ3n) is 7.45. The highest BCUT2D eigenvalue weighted by Gasteiger charge is 2.45. The maximum atomic E-state index is 14.0. The van der Waals surface area contributed by atoms with Gasteiger partial charge in [-0.2, -0.15) is 0 Å². The van der Waals surface area contributed by atoms with E-state index in [1.54, 1.807) is 4.90 Å². The number of likely N-dealkylation sites (tertiary alicyclic amines) is 1. The summed E-state index contributed by atoms with van der Waals surface area (Å²) in [6.45, 7) is 1.06. The Morgan fingerprint density at radius 3 is 1.68 bits per heavy atom. The summed E-state index contributed by atoms with van der Waals surface area (Å²) in [5.74, 6) is 0.0574. The van der Waals surface area contributed by atoms with E-state index in [9.17, 15) is 9.59 Å². The van der Waals surface area contributed by atoms with E-state index in [0.717, 1.165) is 40.9 Å². The molecule has 0 radical (unpaired) electrons. The van der Waals surface area contributed by atoms with E-state index < -0.39 is 0 Å². The van der Waals surface area contributed by atoms with Crippen molar-refractivity contribution in [2.24, 2.45) is 0 Å². The first-order valence-electron chi connectivity index (χ1n) is 12.9. The van der Waals surface area contributed by atoms with E-state index in [2.05, 4.69) is 0 Å². The van der Waals surface area contributed by atoms with Gasteiger partial charge in [-0.25, -0.2) is 4.79 Å². The smallest absolute Gasteiger partial charge is 0.329 e. The predicted molar refractivity (Wildman–Crippen MR) is 147 cm³/mol. The lowest BCUT2D eigenvalue weighted by Crippen LogP contribution is -2.59. The van der Waals surface area contributed by atoms with Crippen molar-refractivity contribution >= 4 is 23.3 Å². The number of nitrogens with zero attached hydrogens (tertiary/aromatic N) is 3. The van der Waals surface area contributed by atoms with E-state index in [-0.39, 0.29) is 24.0 Å². The topological polar surface area (TPSA) is 43.9 Å². The molecule has 0 unspecified atom stereocenters. The highest BCUT2D eigenvalue weighted by molar-refractivity contribution is 6.02. The summed E-state index contributed by atoms with van der Waals surface area (Å²) < 4.78 is 0. The van der Waals surface area contributed by atoms with Gasteiger partial charge in [0.25, 0.3) is 5.91 Å². The molecule has 6 rings (SSSR count). The maximum Gasteiger partial charge on any atom is 0.329 e. The van der Waals surface area contributed by atoms with Gasteiger partial charge in [-0.15, -0.1) is 0 Å². The summed E-state index contributed by atoms with van der Waals surface area (Å²) >= 11 is 0. The van der Waals surface area contributed by atoms with Gasteiger partial charge in [0, 0.05) is 18.7 Å². The van der Waals surface area contributed by atoms with Crippen molar-refractivity contribution in [3.8, 4) is 11.1 Å². The SMILES string of the molecule is O=C(N1C[C@H]2CC[C@@H](C1)N2C(=O)c1ccccc1-c1ccccc1)N(c1ccccc1)c1ccccc1. The molecule has 5 heteroatoms. The molecular formula is C32H29N3O2. The van der Waals surface area contributed by atoms with Gasteiger partial charge in [0.2, 0.25) is 0 Å².